The van der Waals surface area contributed by atoms with Gasteiger partial charge in [-0.15, -0.1) is 11.8 Å². The second-order valence-electron chi connectivity index (χ2n) is 7.78. The number of thioether (sulfide) groups is 1. The second kappa shape index (κ2) is 9.41. The Hall–Kier alpha value is -2.72. The van der Waals surface area contributed by atoms with Crippen LogP contribution in [0.5, 0.6) is 5.75 Å². The molecule has 170 valence electrons. The van der Waals surface area contributed by atoms with Crippen molar-refractivity contribution in [3.8, 4) is 5.75 Å². The zero-order chi connectivity index (χ0) is 22.7. The first-order chi connectivity index (χ1) is 15.4. The first-order valence-corrected chi connectivity index (χ1v) is 12.8. The molecule has 2 aliphatic heterocycles. The number of ether oxygens (including phenoxy) is 1. The first kappa shape index (κ1) is 22.5. The fraction of sp³-hybridized carbons (Fsp3) is 0.364. The minimum atomic E-state index is -3.87. The highest BCUT2D eigenvalue weighted by Crippen LogP contribution is 2.35. The molecule has 1 atom stereocenters. The first-order valence-electron chi connectivity index (χ1n) is 10.4. The molecule has 0 radical (unpaired) electrons. The van der Waals surface area contributed by atoms with Crippen molar-refractivity contribution in [1.29, 1.82) is 0 Å². The third-order valence-corrected chi connectivity index (χ3v) is 8.15. The van der Waals surface area contributed by atoms with E-state index in [1.807, 2.05) is 4.90 Å². The average Bonchev–Trinajstić information content (AvgIpc) is 3.27. The van der Waals surface area contributed by atoms with Crippen LogP contribution < -0.4 is 14.8 Å². The maximum Gasteiger partial charge on any atom is 0.261 e. The van der Waals surface area contributed by atoms with Gasteiger partial charge in [0.25, 0.3) is 10.0 Å². The van der Waals surface area contributed by atoms with Gasteiger partial charge in [0.1, 0.15) is 5.75 Å². The predicted octanol–water partition coefficient (Wildman–Crippen LogP) is 3.17. The van der Waals surface area contributed by atoms with Crippen LogP contribution in [0.1, 0.15) is 19.3 Å². The highest BCUT2D eigenvalue weighted by molar-refractivity contribution is 7.99. The standard InChI is InChI=1S/C22H25N3O5S2/c1-30-17-6-4-5-16(12-17)24-32(28,29)18-7-8-20-19(13-18)23-22(27)15(14-31-20)11-21(26)25-9-2-3-10-25/h4-8,12-13,15,24H,2-3,9-11,14H2,1H3,(H,23,27)/t15-/m1/s1. The summed E-state index contributed by atoms with van der Waals surface area (Å²) in [4.78, 5) is 27.9. The van der Waals surface area contributed by atoms with Crippen molar-refractivity contribution >= 4 is 45.0 Å². The van der Waals surface area contributed by atoms with E-state index in [1.54, 1.807) is 30.3 Å². The van der Waals surface area contributed by atoms with E-state index in [2.05, 4.69) is 10.0 Å². The molecule has 2 aliphatic rings. The van der Waals surface area contributed by atoms with Crippen LogP contribution in [0.25, 0.3) is 0 Å². The molecular formula is C22H25N3O5S2. The molecule has 1 fully saturated rings. The smallest absolute Gasteiger partial charge is 0.261 e. The number of methoxy groups -OCH3 is 1. The summed E-state index contributed by atoms with van der Waals surface area (Å²) in [5, 5.41) is 2.82. The normalized spacial score (nSPS) is 18.5. The predicted molar refractivity (Wildman–Crippen MR) is 124 cm³/mol. The fourth-order valence-electron chi connectivity index (χ4n) is 3.76. The van der Waals surface area contributed by atoms with Crippen LogP contribution in [0.3, 0.4) is 0 Å². The number of sulfonamides is 1. The van der Waals surface area contributed by atoms with Crippen LogP contribution in [-0.4, -0.2) is 51.1 Å². The van der Waals surface area contributed by atoms with Crippen molar-refractivity contribution in [2.75, 3.05) is 36.0 Å². The van der Waals surface area contributed by atoms with E-state index in [0.29, 0.717) is 22.9 Å². The molecule has 10 heteroatoms. The van der Waals surface area contributed by atoms with Gasteiger partial charge in [-0.05, 0) is 43.2 Å². The molecule has 2 heterocycles. The van der Waals surface area contributed by atoms with Gasteiger partial charge in [0.2, 0.25) is 11.8 Å². The Morgan fingerprint density at radius 3 is 2.75 bits per heavy atom. The monoisotopic (exact) mass is 475 g/mol. The number of fused-ring (bicyclic) bond motifs is 1. The lowest BCUT2D eigenvalue weighted by Gasteiger charge is -2.18. The number of anilines is 2. The summed E-state index contributed by atoms with van der Waals surface area (Å²) in [6, 6.07) is 11.3. The summed E-state index contributed by atoms with van der Waals surface area (Å²) < 4.78 is 33.4. The van der Waals surface area contributed by atoms with Gasteiger partial charge in [0.05, 0.1) is 29.3 Å². The Morgan fingerprint density at radius 1 is 1.22 bits per heavy atom. The lowest BCUT2D eigenvalue weighted by molar-refractivity contribution is -0.133. The van der Waals surface area contributed by atoms with Crippen molar-refractivity contribution in [2.24, 2.45) is 5.92 Å². The summed E-state index contributed by atoms with van der Waals surface area (Å²) in [5.74, 6) is 0.270. The summed E-state index contributed by atoms with van der Waals surface area (Å²) in [7, 11) is -2.37. The zero-order valence-corrected chi connectivity index (χ0v) is 19.3. The van der Waals surface area contributed by atoms with E-state index in [1.165, 1.54) is 31.0 Å². The highest BCUT2D eigenvalue weighted by Gasteiger charge is 2.30. The van der Waals surface area contributed by atoms with E-state index in [4.69, 9.17) is 4.74 Å². The molecule has 1 saturated heterocycles. The zero-order valence-electron chi connectivity index (χ0n) is 17.7. The van der Waals surface area contributed by atoms with Gasteiger partial charge in [-0.25, -0.2) is 8.42 Å². The largest absolute Gasteiger partial charge is 0.497 e. The van der Waals surface area contributed by atoms with Gasteiger partial charge >= 0.3 is 0 Å². The van der Waals surface area contributed by atoms with Crippen LogP contribution in [0, 0.1) is 5.92 Å². The molecule has 0 saturated carbocycles. The molecule has 32 heavy (non-hydrogen) atoms. The van der Waals surface area contributed by atoms with Crippen molar-refractivity contribution in [3.05, 3.63) is 42.5 Å². The van der Waals surface area contributed by atoms with Gasteiger partial charge in [-0.2, -0.15) is 0 Å². The number of likely N-dealkylation sites (tertiary alicyclic amines) is 1. The molecule has 0 aromatic heterocycles. The highest BCUT2D eigenvalue weighted by atomic mass is 32.2. The topological polar surface area (TPSA) is 105 Å². The summed E-state index contributed by atoms with van der Waals surface area (Å²) >= 11 is 1.45. The maximum atomic E-state index is 12.9. The second-order valence-corrected chi connectivity index (χ2v) is 10.5. The molecule has 2 amide bonds. The minimum Gasteiger partial charge on any atom is -0.497 e. The van der Waals surface area contributed by atoms with Crippen LogP contribution >= 0.6 is 11.8 Å². The molecule has 0 bridgehead atoms. The van der Waals surface area contributed by atoms with Crippen LogP contribution in [0.2, 0.25) is 0 Å². The van der Waals surface area contributed by atoms with Gasteiger partial charge in [-0.3, -0.25) is 14.3 Å². The molecular weight excluding hydrogens is 450 g/mol. The van der Waals surface area contributed by atoms with Gasteiger partial charge in [0.15, 0.2) is 0 Å². The third kappa shape index (κ3) is 5.02. The van der Waals surface area contributed by atoms with Crippen molar-refractivity contribution in [2.45, 2.75) is 29.1 Å². The number of carbonyl (C=O) groups excluding carboxylic acids is 2. The molecule has 4 rings (SSSR count). The lowest BCUT2D eigenvalue weighted by Crippen LogP contribution is -2.33. The molecule has 8 nitrogen and oxygen atoms in total. The number of amides is 2. The Balaban J connectivity index is 1.49. The van der Waals surface area contributed by atoms with Crippen molar-refractivity contribution < 1.29 is 22.7 Å². The van der Waals surface area contributed by atoms with Gasteiger partial charge in [0, 0.05) is 36.2 Å². The van der Waals surface area contributed by atoms with E-state index in [9.17, 15) is 18.0 Å². The number of nitrogens with zero attached hydrogens (tertiary/aromatic N) is 1. The minimum absolute atomic E-state index is 0.0000350. The van der Waals surface area contributed by atoms with Crippen LogP contribution in [-0.2, 0) is 19.6 Å². The Kier molecular flexibility index (Phi) is 6.61. The van der Waals surface area contributed by atoms with E-state index >= 15 is 0 Å². The van der Waals surface area contributed by atoms with E-state index < -0.39 is 15.9 Å². The molecule has 2 N–H and O–H groups in total. The van der Waals surface area contributed by atoms with Crippen molar-refractivity contribution in [1.82, 2.24) is 4.90 Å². The fourth-order valence-corrected chi connectivity index (χ4v) is 5.91. The molecule has 0 unspecified atom stereocenters. The maximum absolute atomic E-state index is 12.9. The van der Waals surface area contributed by atoms with Gasteiger partial charge < -0.3 is 15.0 Å². The summed E-state index contributed by atoms with van der Waals surface area (Å²) in [5.41, 5.74) is 0.808. The van der Waals surface area contributed by atoms with Crippen LogP contribution in [0.15, 0.2) is 52.3 Å². The summed E-state index contributed by atoms with van der Waals surface area (Å²) in [6.07, 6.45) is 2.17. The number of hydrogen-bond acceptors (Lipinski definition) is 6. The summed E-state index contributed by atoms with van der Waals surface area (Å²) in [6.45, 7) is 1.50. The molecule has 0 spiro atoms. The SMILES string of the molecule is COc1cccc(NS(=O)(=O)c2ccc3c(c2)NC(=O)[C@H](CC(=O)N2CCCC2)CS3)c1. The lowest BCUT2D eigenvalue weighted by atomic mass is 10.1. The number of nitrogens with one attached hydrogen (secondary N) is 2. The number of carbonyl (C=O) groups is 2. The molecule has 2 aromatic carbocycles. The van der Waals surface area contributed by atoms with E-state index in [0.717, 1.165) is 30.8 Å². The quantitative estimate of drug-likeness (QED) is 0.665. The molecule has 2 aromatic rings. The third-order valence-electron chi connectivity index (χ3n) is 5.53. The number of hydrogen-bond donors (Lipinski definition) is 2. The van der Waals surface area contributed by atoms with Gasteiger partial charge in [-0.1, -0.05) is 6.07 Å². The Bertz CT molecular complexity index is 1130. The average molecular weight is 476 g/mol. The number of benzene rings is 2. The van der Waals surface area contributed by atoms with E-state index in [-0.39, 0.29) is 23.1 Å². The Labute approximate surface area is 191 Å². The number of rotatable bonds is 6. The van der Waals surface area contributed by atoms with Crippen LogP contribution in [0.4, 0.5) is 11.4 Å². The molecule has 0 aliphatic carbocycles. The van der Waals surface area contributed by atoms with Crippen molar-refractivity contribution in [3.63, 3.8) is 0 Å². The Morgan fingerprint density at radius 2 is 2.00 bits per heavy atom.